The Morgan fingerprint density at radius 3 is 1.63 bits per heavy atom. The van der Waals surface area contributed by atoms with Crippen LogP contribution in [0.5, 0.6) is 0 Å². The van der Waals surface area contributed by atoms with Crippen LogP contribution < -0.4 is 0 Å². The summed E-state index contributed by atoms with van der Waals surface area (Å²) in [6.45, 7) is -2.71. The Bertz CT molecular complexity index is 335. The second-order valence-corrected chi connectivity index (χ2v) is 3.09. The monoisotopic (exact) mass is 308 g/mol. The number of carbonyl (C=O) groups is 1. The molecule has 0 rings (SSSR count). The molecular weight excluding hydrogens is 303 g/mol. The molecule has 0 aliphatic carbocycles. The molecule has 0 aromatic rings. The van der Waals surface area contributed by atoms with Crippen LogP contribution >= 0.6 is 0 Å². The highest BCUT2D eigenvalue weighted by molar-refractivity contribution is 5.59. The molecule has 0 aromatic heterocycles. The highest BCUT2D eigenvalue weighted by Crippen LogP contribution is 2.53. The van der Waals surface area contributed by atoms with Gasteiger partial charge in [0.15, 0.2) is 6.61 Å². The lowest BCUT2D eigenvalue weighted by atomic mass is 10.0. The van der Waals surface area contributed by atoms with E-state index in [9.17, 15) is 44.3 Å². The number of hydrogen-bond donors (Lipinski definition) is 0. The van der Waals surface area contributed by atoms with Crippen LogP contribution in [-0.4, -0.2) is 43.8 Å². The average molecular weight is 308 g/mol. The summed E-state index contributed by atoms with van der Waals surface area (Å²) in [7, 11) is 0.572. The highest BCUT2D eigenvalue weighted by atomic mass is 19.4. The van der Waals surface area contributed by atoms with Gasteiger partial charge in [0.1, 0.15) is 0 Å². The molecule has 0 radical (unpaired) electrons. The van der Waals surface area contributed by atoms with Crippen LogP contribution in [0.15, 0.2) is 0 Å². The summed E-state index contributed by atoms with van der Waals surface area (Å²) in [6, 6.07) is 0. The van der Waals surface area contributed by atoms with E-state index in [-0.39, 0.29) is 0 Å². The molecule has 0 amide bonds. The van der Waals surface area contributed by atoms with Gasteiger partial charge in [0.05, 0.1) is 7.11 Å². The average Bonchev–Trinajstić information content (AvgIpc) is 2.23. The number of ether oxygens (including phenoxy) is 2. The standard InChI is InChI=1S/C7H5F9O3/c1-18-3(17)19-2-4(8,9)5(10,11)6(12,13)7(14,15)16/h2H2,1H3. The Labute approximate surface area is 98.8 Å². The van der Waals surface area contributed by atoms with Gasteiger partial charge in [-0.25, -0.2) is 4.79 Å². The third-order valence-electron chi connectivity index (χ3n) is 1.75. The van der Waals surface area contributed by atoms with Crippen molar-refractivity contribution in [3.05, 3.63) is 0 Å². The minimum absolute atomic E-state index is 0.572. The van der Waals surface area contributed by atoms with Gasteiger partial charge in [-0.2, -0.15) is 39.5 Å². The lowest BCUT2D eigenvalue weighted by Gasteiger charge is -2.33. The molecule has 12 heteroatoms. The van der Waals surface area contributed by atoms with E-state index in [4.69, 9.17) is 0 Å². The predicted molar refractivity (Wildman–Crippen MR) is 39.3 cm³/mol. The van der Waals surface area contributed by atoms with Crippen LogP contribution in [0.3, 0.4) is 0 Å². The first-order valence-electron chi connectivity index (χ1n) is 4.11. The van der Waals surface area contributed by atoms with E-state index in [1.54, 1.807) is 0 Å². The van der Waals surface area contributed by atoms with E-state index in [1.807, 2.05) is 0 Å². The molecule has 0 unspecified atom stereocenters. The lowest BCUT2D eigenvalue weighted by Crippen LogP contribution is -2.62. The van der Waals surface area contributed by atoms with Crippen molar-refractivity contribution in [3.63, 3.8) is 0 Å². The number of halogens is 9. The molecule has 0 N–H and O–H groups in total. The molecule has 0 saturated carbocycles. The molecule has 114 valence electrons. The zero-order valence-corrected chi connectivity index (χ0v) is 8.83. The normalized spacial score (nSPS) is 14.2. The molecule has 0 aliphatic heterocycles. The molecule has 0 aliphatic rings. The first-order chi connectivity index (χ1) is 8.20. The van der Waals surface area contributed by atoms with Crippen molar-refractivity contribution in [1.82, 2.24) is 0 Å². The molecule has 19 heavy (non-hydrogen) atoms. The molecule has 0 atom stereocenters. The molecule has 0 saturated heterocycles. The Hall–Kier alpha value is -1.36. The summed E-state index contributed by atoms with van der Waals surface area (Å²) < 4.78 is 117. The molecule has 0 aromatic carbocycles. The van der Waals surface area contributed by atoms with Crippen molar-refractivity contribution in [2.24, 2.45) is 0 Å². The first kappa shape index (κ1) is 17.6. The molecular formula is C7H5F9O3. The van der Waals surface area contributed by atoms with Gasteiger partial charge in [-0.15, -0.1) is 0 Å². The summed E-state index contributed by atoms with van der Waals surface area (Å²) >= 11 is 0. The second kappa shape index (κ2) is 4.96. The minimum atomic E-state index is -7.01. The number of methoxy groups -OCH3 is 1. The summed E-state index contributed by atoms with van der Waals surface area (Å²) in [5.74, 6) is -19.8. The third kappa shape index (κ3) is 3.15. The largest absolute Gasteiger partial charge is 0.508 e. The maximum absolute atomic E-state index is 12.7. The minimum Gasteiger partial charge on any atom is -0.438 e. The third-order valence-corrected chi connectivity index (χ3v) is 1.75. The van der Waals surface area contributed by atoms with Crippen LogP contribution in [0, 0.1) is 0 Å². The molecule has 0 spiro atoms. The van der Waals surface area contributed by atoms with Crippen molar-refractivity contribution in [2.45, 2.75) is 23.9 Å². The number of carbonyl (C=O) groups excluding carboxylic acids is 1. The SMILES string of the molecule is COC(=O)OCC(F)(F)C(F)(F)C(F)(F)C(F)(F)F. The fraction of sp³-hybridized carbons (Fsp3) is 0.857. The zero-order chi connectivity index (χ0) is 15.7. The Balaban J connectivity index is 5.22. The predicted octanol–water partition coefficient (Wildman–Crippen LogP) is 3.24. The number of hydrogen-bond acceptors (Lipinski definition) is 3. The lowest BCUT2D eigenvalue weighted by molar-refractivity contribution is -0.398. The smallest absolute Gasteiger partial charge is 0.438 e. The Kier molecular flexibility index (Phi) is 4.61. The number of alkyl halides is 9. The topological polar surface area (TPSA) is 35.5 Å². The first-order valence-corrected chi connectivity index (χ1v) is 4.11. The van der Waals surface area contributed by atoms with E-state index in [0.29, 0.717) is 7.11 Å². The van der Waals surface area contributed by atoms with Crippen molar-refractivity contribution in [1.29, 1.82) is 0 Å². The fourth-order valence-corrected chi connectivity index (χ4v) is 0.707. The molecule has 0 heterocycles. The van der Waals surface area contributed by atoms with Crippen molar-refractivity contribution in [3.8, 4) is 0 Å². The van der Waals surface area contributed by atoms with E-state index >= 15 is 0 Å². The van der Waals surface area contributed by atoms with E-state index in [0.717, 1.165) is 0 Å². The molecule has 3 nitrogen and oxygen atoms in total. The fourth-order valence-electron chi connectivity index (χ4n) is 0.707. The van der Waals surface area contributed by atoms with Gasteiger partial charge < -0.3 is 9.47 Å². The van der Waals surface area contributed by atoms with Gasteiger partial charge in [0.2, 0.25) is 0 Å². The van der Waals surface area contributed by atoms with Gasteiger partial charge in [-0.3, -0.25) is 0 Å². The maximum Gasteiger partial charge on any atom is 0.508 e. The van der Waals surface area contributed by atoms with Crippen LogP contribution in [-0.2, 0) is 9.47 Å². The number of rotatable bonds is 4. The Morgan fingerprint density at radius 1 is 0.895 bits per heavy atom. The summed E-state index contributed by atoms with van der Waals surface area (Å²) in [5, 5.41) is 0. The van der Waals surface area contributed by atoms with Crippen LogP contribution in [0.2, 0.25) is 0 Å². The van der Waals surface area contributed by atoms with Crippen molar-refractivity contribution >= 4 is 6.16 Å². The summed E-state index contributed by atoms with van der Waals surface area (Å²) in [5.41, 5.74) is 0. The van der Waals surface area contributed by atoms with E-state index < -0.39 is 36.7 Å². The quantitative estimate of drug-likeness (QED) is 0.591. The highest BCUT2D eigenvalue weighted by Gasteiger charge is 2.82. The zero-order valence-electron chi connectivity index (χ0n) is 8.83. The van der Waals surface area contributed by atoms with Gasteiger partial charge in [0, 0.05) is 0 Å². The summed E-state index contributed by atoms with van der Waals surface area (Å²) in [6.07, 6.45) is -8.86. The van der Waals surface area contributed by atoms with Gasteiger partial charge in [-0.1, -0.05) is 0 Å². The van der Waals surface area contributed by atoms with E-state index in [1.165, 1.54) is 0 Å². The van der Waals surface area contributed by atoms with Crippen molar-refractivity contribution in [2.75, 3.05) is 13.7 Å². The molecule has 0 bridgehead atoms. The van der Waals surface area contributed by atoms with Crippen LogP contribution in [0.25, 0.3) is 0 Å². The van der Waals surface area contributed by atoms with Gasteiger partial charge in [0.25, 0.3) is 0 Å². The van der Waals surface area contributed by atoms with Crippen LogP contribution in [0.1, 0.15) is 0 Å². The van der Waals surface area contributed by atoms with Gasteiger partial charge >= 0.3 is 30.1 Å². The van der Waals surface area contributed by atoms with E-state index in [2.05, 4.69) is 9.47 Å². The molecule has 0 fully saturated rings. The van der Waals surface area contributed by atoms with Crippen LogP contribution in [0.4, 0.5) is 44.3 Å². The Morgan fingerprint density at radius 2 is 1.32 bits per heavy atom. The van der Waals surface area contributed by atoms with Crippen molar-refractivity contribution < 1.29 is 53.8 Å². The summed E-state index contributed by atoms with van der Waals surface area (Å²) in [4.78, 5) is 10.2. The van der Waals surface area contributed by atoms with Gasteiger partial charge in [-0.05, 0) is 0 Å². The second-order valence-electron chi connectivity index (χ2n) is 3.09. The maximum atomic E-state index is 12.7.